The van der Waals surface area contributed by atoms with Crippen LogP contribution in [-0.2, 0) is 37.0 Å². The predicted octanol–water partition coefficient (Wildman–Crippen LogP) is 3.61. The maximum Gasteiger partial charge on any atom is 0.407 e. The molecule has 2 aromatic carbocycles. The van der Waals surface area contributed by atoms with Crippen LogP contribution in [0, 0.1) is 5.92 Å². The van der Waals surface area contributed by atoms with E-state index in [1.54, 1.807) is 0 Å². The molecule has 4 rings (SSSR count). The zero-order chi connectivity index (χ0) is 22.5. The van der Waals surface area contributed by atoms with Crippen molar-refractivity contribution in [3.8, 4) is 0 Å². The number of amides is 1. The van der Waals surface area contributed by atoms with Crippen molar-refractivity contribution in [2.24, 2.45) is 5.92 Å². The smallest absolute Gasteiger partial charge is 0.407 e. The number of hydrogen-bond acceptors (Lipinski definition) is 6. The largest absolute Gasteiger partial charge is 0.462 e. The zero-order valence-corrected chi connectivity index (χ0v) is 18.3. The summed E-state index contributed by atoms with van der Waals surface area (Å²) in [6.07, 6.45) is -1.61. The number of benzene rings is 2. The van der Waals surface area contributed by atoms with E-state index in [0.717, 1.165) is 11.1 Å². The Bertz CT molecular complexity index is 905. The molecule has 1 saturated heterocycles. The van der Waals surface area contributed by atoms with Gasteiger partial charge in [-0.15, -0.1) is 0 Å². The quantitative estimate of drug-likeness (QED) is 0.633. The van der Waals surface area contributed by atoms with Crippen LogP contribution >= 0.6 is 0 Å². The van der Waals surface area contributed by atoms with Crippen molar-refractivity contribution in [1.82, 2.24) is 5.32 Å². The molecule has 2 aromatic rings. The second kappa shape index (κ2) is 10.1. The minimum Gasteiger partial charge on any atom is -0.462 e. The molecular formula is C25H29NO6. The van der Waals surface area contributed by atoms with Crippen LogP contribution in [-0.4, -0.2) is 42.5 Å². The van der Waals surface area contributed by atoms with E-state index in [9.17, 15) is 9.59 Å². The van der Waals surface area contributed by atoms with Crippen LogP contribution in [0.5, 0.6) is 0 Å². The number of ether oxygens (including phenoxy) is 4. The Kier molecular flexibility index (Phi) is 7.07. The molecule has 2 fully saturated rings. The van der Waals surface area contributed by atoms with Crippen LogP contribution in [0.4, 0.5) is 4.79 Å². The minimum atomic E-state index is -0.466. The lowest BCUT2D eigenvalue weighted by Crippen LogP contribution is -2.59. The fourth-order valence-electron chi connectivity index (χ4n) is 4.57. The molecule has 1 aliphatic heterocycles. The van der Waals surface area contributed by atoms with Crippen molar-refractivity contribution in [3.63, 3.8) is 0 Å². The SMILES string of the molecule is CC(=O)OC(C)[C@H]1C[C@@H]2OC(=O)N[C@@H]2[C@@H](OCc2ccccc2)[C@@H]1OCc1ccccc1. The van der Waals surface area contributed by atoms with Gasteiger partial charge in [0.15, 0.2) is 0 Å². The number of fused-ring (bicyclic) bond motifs is 1. The van der Waals surface area contributed by atoms with Crippen LogP contribution in [0.15, 0.2) is 60.7 Å². The number of alkyl carbamates (subject to hydrolysis) is 1. The third-order valence-electron chi connectivity index (χ3n) is 6.07. The normalized spacial score (nSPS) is 27.7. The molecule has 32 heavy (non-hydrogen) atoms. The highest BCUT2D eigenvalue weighted by Crippen LogP contribution is 2.37. The lowest BCUT2D eigenvalue weighted by Gasteiger charge is -2.44. The fourth-order valence-corrected chi connectivity index (χ4v) is 4.57. The Morgan fingerprint density at radius 1 is 1.00 bits per heavy atom. The van der Waals surface area contributed by atoms with Gasteiger partial charge in [0.05, 0.1) is 25.4 Å². The van der Waals surface area contributed by atoms with Crippen molar-refractivity contribution >= 4 is 12.1 Å². The first kappa shape index (κ1) is 22.3. The van der Waals surface area contributed by atoms with E-state index in [4.69, 9.17) is 18.9 Å². The summed E-state index contributed by atoms with van der Waals surface area (Å²) in [5.41, 5.74) is 2.05. The highest BCUT2D eigenvalue weighted by atomic mass is 16.6. The Morgan fingerprint density at radius 2 is 1.56 bits per heavy atom. The first-order chi connectivity index (χ1) is 15.5. The molecule has 1 amide bonds. The molecule has 1 N–H and O–H groups in total. The van der Waals surface area contributed by atoms with E-state index in [2.05, 4.69) is 5.32 Å². The van der Waals surface area contributed by atoms with Gasteiger partial charge in [0.2, 0.25) is 0 Å². The molecule has 7 heteroatoms. The molecule has 1 aliphatic carbocycles. The zero-order valence-electron chi connectivity index (χ0n) is 18.3. The molecule has 0 aromatic heterocycles. The molecule has 2 aliphatic rings. The van der Waals surface area contributed by atoms with Crippen molar-refractivity contribution < 1.29 is 28.5 Å². The molecule has 0 bridgehead atoms. The van der Waals surface area contributed by atoms with E-state index >= 15 is 0 Å². The van der Waals surface area contributed by atoms with Gasteiger partial charge >= 0.3 is 12.1 Å². The molecular weight excluding hydrogens is 410 g/mol. The summed E-state index contributed by atoms with van der Waals surface area (Å²) in [6.45, 7) is 3.99. The lowest BCUT2D eigenvalue weighted by molar-refractivity contribution is -0.181. The number of esters is 1. The fraction of sp³-hybridized carbons (Fsp3) is 0.440. The average molecular weight is 440 g/mol. The van der Waals surface area contributed by atoms with Crippen LogP contribution < -0.4 is 5.32 Å². The van der Waals surface area contributed by atoms with Gasteiger partial charge in [0, 0.05) is 12.8 Å². The van der Waals surface area contributed by atoms with Crippen LogP contribution in [0.25, 0.3) is 0 Å². The first-order valence-electron chi connectivity index (χ1n) is 11.0. The maximum absolute atomic E-state index is 12.1. The summed E-state index contributed by atoms with van der Waals surface area (Å²) < 4.78 is 23.8. The minimum absolute atomic E-state index is 0.197. The number of rotatable bonds is 8. The molecule has 7 nitrogen and oxygen atoms in total. The number of nitrogens with one attached hydrogen (secondary N) is 1. The molecule has 6 atom stereocenters. The van der Waals surface area contributed by atoms with Crippen molar-refractivity contribution in [1.29, 1.82) is 0 Å². The summed E-state index contributed by atoms with van der Waals surface area (Å²) in [6, 6.07) is 19.4. The lowest BCUT2D eigenvalue weighted by atomic mass is 9.77. The van der Waals surface area contributed by atoms with E-state index < -0.39 is 24.4 Å². The topological polar surface area (TPSA) is 83.1 Å². The number of carbonyl (C=O) groups is 2. The van der Waals surface area contributed by atoms with E-state index in [0.29, 0.717) is 19.6 Å². The number of hydrogen-bond donors (Lipinski definition) is 1. The Morgan fingerprint density at radius 3 is 2.12 bits per heavy atom. The van der Waals surface area contributed by atoms with Crippen molar-refractivity contribution in [2.75, 3.05) is 0 Å². The van der Waals surface area contributed by atoms with Gasteiger partial charge in [-0.1, -0.05) is 60.7 Å². The molecule has 1 heterocycles. The predicted molar refractivity (Wildman–Crippen MR) is 117 cm³/mol. The molecule has 1 saturated carbocycles. The monoisotopic (exact) mass is 439 g/mol. The summed E-state index contributed by atoms with van der Waals surface area (Å²) in [7, 11) is 0. The van der Waals surface area contributed by atoms with Crippen LogP contribution in [0.2, 0.25) is 0 Å². The van der Waals surface area contributed by atoms with Crippen molar-refractivity contribution in [3.05, 3.63) is 71.8 Å². The second-order valence-corrected chi connectivity index (χ2v) is 8.35. The summed E-state index contributed by atoms with van der Waals surface area (Å²) in [5.74, 6) is -0.554. The maximum atomic E-state index is 12.1. The van der Waals surface area contributed by atoms with Gasteiger partial charge in [0.25, 0.3) is 0 Å². The standard InChI is InChI=1S/C25H29NO6/c1-16(31-17(2)27)20-13-21-22(26-25(28)32-21)24(30-15-19-11-7-4-8-12-19)23(20)29-14-18-9-5-3-6-10-18/h3-12,16,20-24H,13-15H2,1-2H3,(H,26,28)/t16?,20-,21+,22+,23-,24-/m1/s1. The Balaban J connectivity index is 1.59. The summed E-state index contributed by atoms with van der Waals surface area (Å²) in [4.78, 5) is 23.7. The average Bonchev–Trinajstić information content (AvgIpc) is 3.16. The van der Waals surface area contributed by atoms with E-state index in [1.165, 1.54) is 6.92 Å². The van der Waals surface area contributed by atoms with Gasteiger partial charge in [-0.2, -0.15) is 0 Å². The second-order valence-electron chi connectivity index (χ2n) is 8.35. The third-order valence-corrected chi connectivity index (χ3v) is 6.07. The molecule has 170 valence electrons. The van der Waals surface area contributed by atoms with E-state index in [-0.39, 0.29) is 24.0 Å². The molecule has 0 radical (unpaired) electrons. The highest BCUT2D eigenvalue weighted by molar-refractivity contribution is 5.70. The van der Waals surface area contributed by atoms with Gasteiger partial charge in [0.1, 0.15) is 18.3 Å². The molecule has 0 spiro atoms. The Labute approximate surface area is 188 Å². The van der Waals surface area contributed by atoms with Gasteiger partial charge in [-0.05, 0) is 24.5 Å². The highest BCUT2D eigenvalue weighted by Gasteiger charge is 2.53. The van der Waals surface area contributed by atoms with Crippen LogP contribution in [0.3, 0.4) is 0 Å². The van der Waals surface area contributed by atoms with Crippen LogP contribution in [0.1, 0.15) is 31.4 Å². The van der Waals surface area contributed by atoms with Gasteiger partial charge in [-0.3, -0.25) is 4.79 Å². The summed E-state index contributed by atoms with van der Waals surface area (Å²) in [5, 5.41) is 2.90. The molecule has 1 unspecified atom stereocenters. The Hall–Kier alpha value is -2.90. The number of carbonyl (C=O) groups excluding carboxylic acids is 2. The van der Waals surface area contributed by atoms with Crippen molar-refractivity contribution in [2.45, 2.75) is 63.9 Å². The van der Waals surface area contributed by atoms with Gasteiger partial charge in [-0.25, -0.2) is 4.79 Å². The summed E-state index contributed by atoms with van der Waals surface area (Å²) >= 11 is 0. The third kappa shape index (κ3) is 5.29. The van der Waals surface area contributed by atoms with E-state index in [1.807, 2.05) is 67.6 Å². The first-order valence-corrected chi connectivity index (χ1v) is 11.0. The van der Waals surface area contributed by atoms with Gasteiger partial charge < -0.3 is 24.3 Å².